The van der Waals surface area contributed by atoms with Crippen LogP contribution >= 0.6 is 0 Å². The highest BCUT2D eigenvalue weighted by Crippen LogP contribution is 2.19. The van der Waals surface area contributed by atoms with Crippen molar-refractivity contribution in [2.24, 2.45) is 5.92 Å². The zero-order valence-electron chi connectivity index (χ0n) is 8.74. The van der Waals surface area contributed by atoms with Crippen LogP contribution in [0.3, 0.4) is 0 Å². The quantitative estimate of drug-likeness (QED) is 0.556. The number of allylic oxidation sites excluding steroid dienone is 4. The highest BCUT2D eigenvalue weighted by atomic mass is 19.1. The van der Waals surface area contributed by atoms with E-state index in [1.54, 1.807) is 6.08 Å². The van der Waals surface area contributed by atoms with Crippen LogP contribution in [0.1, 0.15) is 41.0 Å². The lowest BCUT2D eigenvalue weighted by atomic mass is 9.95. The second-order valence-corrected chi connectivity index (χ2v) is 3.45. The maximum atomic E-state index is 12.5. The van der Waals surface area contributed by atoms with Crippen LogP contribution in [0.5, 0.6) is 0 Å². The Labute approximate surface area is 75.2 Å². The van der Waals surface area contributed by atoms with Crippen molar-refractivity contribution in [3.8, 4) is 0 Å². The fourth-order valence-corrected chi connectivity index (χ4v) is 1.53. The van der Waals surface area contributed by atoms with Crippen LogP contribution in [0.15, 0.2) is 23.0 Å². The average Bonchev–Trinajstić information content (AvgIpc) is 1.85. The Morgan fingerprint density at radius 1 is 1.33 bits per heavy atom. The maximum Gasteiger partial charge on any atom is 0.0971 e. The fraction of sp³-hybridized carbons (Fsp3) is 0.636. The van der Waals surface area contributed by atoms with Gasteiger partial charge in [-0.15, -0.1) is 0 Å². The van der Waals surface area contributed by atoms with Crippen molar-refractivity contribution in [1.82, 2.24) is 0 Å². The van der Waals surface area contributed by atoms with Gasteiger partial charge in [0, 0.05) is 0 Å². The molecule has 1 heteroatoms. The van der Waals surface area contributed by atoms with Crippen LogP contribution in [0.2, 0.25) is 0 Å². The minimum absolute atomic E-state index is 0.112. The zero-order chi connectivity index (χ0) is 9.72. The van der Waals surface area contributed by atoms with Crippen molar-refractivity contribution in [3.05, 3.63) is 23.0 Å². The van der Waals surface area contributed by atoms with Gasteiger partial charge in [0.1, 0.15) is 0 Å². The lowest BCUT2D eigenvalue weighted by Gasteiger charge is -2.11. The molecule has 0 radical (unpaired) electrons. The summed E-state index contributed by atoms with van der Waals surface area (Å²) in [5, 5.41) is 0. The number of halogens is 1. The molecule has 70 valence electrons. The first kappa shape index (κ1) is 11.4. The molecule has 0 aliphatic rings. The molecule has 0 aliphatic heterocycles. The molecule has 0 saturated carbocycles. The van der Waals surface area contributed by atoms with Crippen molar-refractivity contribution in [3.63, 3.8) is 0 Å². The Hall–Kier alpha value is -0.590. The molecule has 0 aromatic carbocycles. The molecule has 0 rings (SSSR count). The van der Waals surface area contributed by atoms with Gasteiger partial charge in [-0.2, -0.15) is 0 Å². The SMILES string of the molecule is CC/C(=C(C)\C=C(/C)F)C(C)C. The van der Waals surface area contributed by atoms with E-state index in [1.165, 1.54) is 12.5 Å². The molecule has 0 amide bonds. The highest BCUT2D eigenvalue weighted by molar-refractivity contribution is 5.25. The summed E-state index contributed by atoms with van der Waals surface area (Å²) in [6.45, 7) is 9.85. The predicted octanol–water partition coefficient (Wildman–Crippen LogP) is 4.24. The Bertz CT molecular complexity index is 193. The number of hydrogen-bond donors (Lipinski definition) is 0. The summed E-state index contributed by atoms with van der Waals surface area (Å²) in [5.74, 6) is 0.407. The summed E-state index contributed by atoms with van der Waals surface area (Å²) in [6, 6.07) is 0. The number of hydrogen-bond acceptors (Lipinski definition) is 0. The molecule has 0 aromatic rings. The van der Waals surface area contributed by atoms with Crippen molar-refractivity contribution in [1.29, 1.82) is 0 Å². The Balaban J connectivity index is 4.73. The van der Waals surface area contributed by atoms with Crippen LogP contribution < -0.4 is 0 Å². The van der Waals surface area contributed by atoms with E-state index in [-0.39, 0.29) is 5.83 Å². The first-order chi connectivity index (χ1) is 5.49. The van der Waals surface area contributed by atoms with Crippen molar-refractivity contribution < 1.29 is 4.39 Å². The van der Waals surface area contributed by atoms with E-state index in [0.717, 1.165) is 12.0 Å². The lowest BCUT2D eigenvalue weighted by Crippen LogP contribution is -1.95. The fourth-order valence-electron chi connectivity index (χ4n) is 1.53. The van der Waals surface area contributed by atoms with E-state index in [9.17, 15) is 4.39 Å². The van der Waals surface area contributed by atoms with Gasteiger partial charge in [-0.05, 0) is 37.8 Å². The molecule has 0 bridgehead atoms. The number of rotatable bonds is 3. The van der Waals surface area contributed by atoms with Crippen LogP contribution in [-0.4, -0.2) is 0 Å². The Morgan fingerprint density at radius 2 is 1.83 bits per heavy atom. The third kappa shape index (κ3) is 3.70. The van der Waals surface area contributed by atoms with Gasteiger partial charge < -0.3 is 0 Å². The molecule has 0 atom stereocenters. The lowest BCUT2D eigenvalue weighted by molar-refractivity contribution is 0.637. The normalized spacial score (nSPS) is 15.1. The standard InChI is InChI=1S/C11H19F/c1-6-11(8(2)3)9(4)7-10(5)12/h7-8H,6H2,1-5H3/b10-7+,11-9+. The molecular formula is C11H19F. The molecule has 0 heterocycles. The van der Waals surface area contributed by atoms with E-state index in [4.69, 9.17) is 0 Å². The molecular weight excluding hydrogens is 151 g/mol. The van der Waals surface area contributed by atoms with Gasteiger partial charge in [0.15, 0.2) is 0 Å². The topological polar surface area (TPSA) is 0 Å². The zero-order valence-corrected chi connectivity index (χ0v) is 8.74. The minimum Gasteiger partial charge on any atom is -0.212 e. The molecule has 0 spiro atoms. The van der Waals surface area contributed by atoms with Gasteiger partial charge >= 0.3 is 0 Å². The van der Waals surface area contributed by atoms with Crippen molar-refractivity contribution >= 4 is 0 Å². The van der Waals surface area contributed by atoms with E-state index >= 15 is 0 Å². The second kappa shape index (κ2) is 5.13. The van der Waals surface area contributed by atoms with Gasteiger partial charge in [0.25, 0.3) is 0 Å². The van der Waals surface area contributed by atoms with E-state index in [2.05, 4.69) is 20.8 Å². The molecule has 0 nitrogen and oxygen atoms in total. The van der Waals surface area contributed by atoms with Crippen LogP contribution in [0.25, 0.3) is 0 Å². The van der Waals surface area contributed by atoms with E-state index in [1.807, 2.05) is 6.92 Å². The summed E-state index contributed by atoms with van der Waals surface area (Å²) < 4.78 is 12.5. The molecule has 0 fully saturated rings. The smallest absolute Gasteiger partial charge is 0.0971 e. The highest BCUT2D eigenvalue weighted by Gasteiger charge is 2.03. The summed E-state index contributed by atoms with van der Waals surface area (Å²) >= 11 is 0. The summed E-state index contributed by atoms with van der Waals surface area (Å²) in [7, 11) is 0. The summed E-state index contributed by atoms with van der Waals surface area (Å²) in [6.07, 6.45) is 2.62. The predicted molar refractivity (Wildman–Crippen MR) is 52.7 cm³/mol. The molecule has 0 unspecified atom stereocenters. The molecule has 0 aliphatic carbocycles. The third-order valence-electron chi connectivity index (χ3n) is 2.00. The van der Waals surface area contributed by atoms with E-state index < -0.39 is 0 Å². The van der Waals surface area contributed by atoms with Crippen molar-refractivity contribution in [2.75, 3.05) is 0 Å². The first-order valence-corrected chi connectivity index (χ1v) is 4.52. The monoisotopic (exact) mass is 170 g/mol. The first-order valence-electron chi connectivity index (χ1n) is 4.52. The third-order valence-corrected chi connectivity index (χ3v) is 2.00. The van der Waals surface area contributed by atoms with Gasteiger partial charge in [0.05, 0.1) is 5.83 Å². The molecule has 0 N–H and O–H groups in total. The van der Waals surface area contributed by atoms with E-state index in [0.29, 0.717) is 5.92 Å². The van der Waals surface area contributed by atoms with Crippen LogP contribution in [-0.2, 0) is 0 Å². The second-order valence-electron chi connectivity index (χ2n) is 3.45. The van der Waals surface area contributed by atoms with Crippen LogP contribution in [0, 0.1) is 5.92 Å². The minimum atomic E-state index is -0.112. The Morgan fingerprint density at radius 3 is 2.08 bits per heavy atom. The molecule has 12 heavy (non-hydrogen) atoms. The maximum absolute atomic E-state index is 12.5. The van der Waals surface area contributed by atoms with Gasteiger partial charge in [0.2, 0.25) is 0 Å². The van der Waals surface area contributed by atoms with Gasteiger partial charge in [-0.1, -0.05) is 26.3 Å². The van der Waals surface area contributed by atoms with Crippen molar-refractivity contribution in [2.45, 2.75) is 41.0 Å². The van der Waals surface area contributed by atoms with Gasteiger partial charge in [-0.25, -0.2) is 4.39 Å². The largest absolute Gasteiger partial charge is 0.212 e. The molecule has 0 saturated heterocycles. The average molecular weight is 170 g/mol. The van der Waals surface area contributed by atoms with Gasteiger partial charge in [-0.3, -0.25) is 0 Å². The van der Waals surface area contributed by atoms with Crippen LogP contribution in [0.4, 0.5) is 4.39 Å². The molecule has 0 aromatic heterocycles. The summed E-state index contributed by atoms with van der Waals surface area (Å²) in [5.41, 5.74) is 2.42. The Kier molecular flexibility index (Phi) is 4.87. The summed E-state index contributed by atoms with van der Waals surface area (Å²) in [4.78, 5) is 0.